The van der Waals surface area contributed by atoms with E-state index in [0.29, 0.717) is 5.56 Å². The molecule has 0 atom stereocenters. The van der Waals surface area contributed by atoms with Crippen LogP contribution in [0.25, 0.3) is 0 Å². The van der Waals surface area contributed by atoms with Gasteiger partial charge in [-0.15, -0.1) is 0 Å². The van der Waals surface area contributed by atoms with Crippen LogP contribution >= 0.6 is 55.8 Å². The molecule has 40 heavy (non-hydrogen) atoms. The van der Waals surface area contributed by atoms with Gasteiger partial charge >= 0.3 is 18.2 Å². The summed E-state index contributed by atoms with van der Waals surface area (Å²) in [6.45, 7) is 0. The molecule has 3 aromatic carbocycles. The smallest absolute Gasteiger partial charge is 0.412 e. The van der Waals surface area contributed by atoms with Crippen molar-refractivity contribution >= 4 is 84.5 Å². The van der Waals surface area contributed by atoms with Crippen LogP contribution in [0.5, 0.6) is 0 Å². The lowest BCUT2D eigenvalue weighted by Gasteiger charge is -2.16. The average molecular weight is 728 g/mol. The summed E-state index contributed by atoms with van der Waals surface area (Å²) < 4.78 is 113. The lowest BCUT2D eigenvalue weighted by Crippen LogP contribution is -2.34. The van der Waals surface area contributed by atoms with Crippen LogP contribution in [0.1, 0.15) is 5.56 Å². The Morgan fingerprint density at radius 3 is 1.48 bits per heavy atom. The molecule has 0 radical (unpaired) electrons. The van der Waals surface area contributed by atoms with Gasteiger partial charge in [-0.1, -0.05) is 71.9 Å². The standard InChI is InChI=1S/C14H11ClF2O2S2.C7H5ClF2O4S2.Cl2.H2O/c15-12-6-8-13(9-7-12)21(18,19)14(16,17)20-10-11-4-2-1-3-5-11;8-16(13,14)7(9,10)15(11,12)6-4-2-1-3-5-6;1-2;/h1-9H,10H2;1-5H;;1H2. The van der Waals surface area contributed by atoms with E-state index < -0.39 is 47.7 Å². The SMILES string of the molecule is ClCl.O.O=S(=O)(Cl)C(F)(F)S(=O)(=O)c1ccccc1.O=S(=O)(c1ccc(Cl)cc1)C(F)(F)SCc1ccccc1. The predicted octanol–water partition coefficient (Wildman–Crippen LogP) is 6.73. The Morgan fingerprint density at radius 2 is 1.05 bits per heavy atom. The van der Waals surface area contributed by atoms with Gasteiger partial charge in [0.25, 0.3) is 19.7 Å². The monoisotopic (exact) mass is 726 g/mol. The van der Waals surface area contributed by atoms with Crippen LogP contribution in [0.2, 0.25) is 5.02 Å². The van der Waals surface area contributed by atoms with E-state index in [-0.39, 0.29) is 28.0 Å². The second-order valence-corrected chi connectivity index (χ2v) is 15.5. The molecule has 0 unspecified atom stereocenters. The minimum Gasteiger partial charge on any atom is -0.412 e. The largest absolute Gasteiger partial charge is 0.463 e. The van der Waals surface area contributed by atoms with Crippen molar-refractivity contribution in [2.75, 3.05) is 0 Å². The van der Waals surface area contributed by atoms with Gasteiger partial charge in [0.15, 0.2) is 0 Å². The summed E-state index contributed by atoms with van der Waals surface area (Å²) in [6.07, 6.45) is 0. The van der Waals surface area contributed by atoms with Crippen molar-refractivity contribution in [2.24, 2.45) is 0 Å². The molecule has 19 heteroatoms. The number of thioether (sulfide) groups is 1. The summed E-state index contributed by atoms with van der Waals surface area (Å²) in [5.41, 5.74) is 0.633. The molecule has 0 spiro atoms. The lowest BCUT2D eigenvalue weighted by atomic mass is 10.2. The first-order chi connectivity index (χ1) is 17.9. The van der Waals surface area contributed by atoms with Crippen molar-refractivity contribution in [3.05, 3.63) is 95.5 Å². The normalized spacial score (nSPS) is 12.1. The number of hydrogen-bond donors (Lipinski definition) is 0. The highest BCUT2D eigenvalue weighted by molar-refractivity contribution is 8.22. The number of benzene rings is 3. The molecule has 0 amide bonds. The molecule has 7 nitrogen and oxygen atoms in total. The van der Waals surface area contributed by atoms with Gasteiger partial charge in [-0.05, 0) is 42.0 Å². The van der Waals surface area contributed by atoms with Gasteiger partial charge in [0.2, 0.25) is 0 Å². The first kappa shape index (κ1) is 38.7. The summed E-state index contributed by atoms with van der Waals surface area (Å²) in [4.78, 5) is -1.26. The van der Waals surface area contributed by atoms with E-state index in [1.54, 1.807) is 30.3 Å². The van der Waals surface area contributed by atoms with Crippen molar-refractivity contribution in [1.82, 2.24) is 0 Å². The van der Waals surface area contributed by atoms with E-state index in [0.717, 1.165) is 24.3 Å². The molecule has 0 aliphatic heterocycles. The summed E-state index contributed by atoms with van der Waals surface area (Å²) in [5.74, 6) is -0.0966. The van der Waals surface area contributed by atoms with Gasteiger partial charge in [0.1, 0.15) is 0 Å². The lowest BCUT2D eigenvalue weighted by molar-refractivity contribution is 0.183. The molecule has 0 aliphatic rings. The molecule has 0 bridgehead atoms. The topological polar surface area (TPSA) is 134 Å². The quantitative estimate of drug-likeness (QED) is 0.186. The fraction of sp³-hybridized carbons (Fsp3) is 0.143. The molecule has 3 aromatic rings. The molecule has 0 saturated carbocycles. The molecule has 0 fully saturated rings. The van der Waals surface area contributed by atoms with E-state index in [9.17, 15) is 42.8 Å². The van der Waals surface area contributed by atoms with Crippen LogP contribution in [0.4, 0.5) is 17.6 Å². The van der Waals surface area contributed by atoms with E-state index >= 15 is 0 Å². The Bertz CT molecular complexity index is 1530. The van der Waals surface area contributed by atoms with Gasteiger partial charge in [-0.2, -0.15) is 17.6 Å². The molecular formula is C21H18Cl4F4O7S4. The maximum Gasteiger partial charge on any atom is 0.463 e. The number of rotatable bonds is 8. The summed E-state index contributed by atoms with van der Waals surface area (Å²) in [6, 6.07) is 18.7. The number of hydrogen-bond acceptors (Lipinski definition) is 7. The van der Waals surface area contributed by atoms with Crippen molar-refractivity contribution in [3.63, 3.8) is 0 Å². The maximum atomic E-state index is 14.0. The summed E-state index contributed by atoms with van der Waals surface area (Å²) in [5, 5.41) is 0.286. The Balaban J connectivity index is 0.000000722. The fourth-order valence-corrected chi connectivity index (χ4v) is 7.82. The van der Waals surface area contributed by atoms with Crippen molar-refractivity contribution in [2.45, 2.75) is 24.7 Å². The second-order valence-electron chi connectivity index (χ2n) is 6.91. The first-order valence-corrected chi connectivity index (χ1v) is 17.5. The second kappa shape index (κ2) is 15.8. The van der Waals surface area contributed by atoms with Crippen LogP contribution in [0, 0.1) is 0 Å². The molecule has 0 saturated heterocycles. The Labute approximate surface area is 251 Å². The van der Waals surface area contributed by atoms with Crippen LogP contribution in [0.15, 0.2) is 94.7 Å². The van der Waals surface area contributed by atoms with Crippen LogP contribution in [-0.4, -0.2) is 39.9 Å². The van der Waals surface area contributed by atoms with Gasteiger partial charge in [-0.25, -0.2) is 25.3 Å². The van der Waals surface area contributed by atoms with Gasteiger partial charge in [0, 0.05) is 43.2 Å². The average Bonchev–Trinajstić information content (AvgIpc) is 2.89. The van der Waals surface area contributed by atoms with Gasteiger partial charge < -0.3 is 5.48 Å². The van der Waals surface area contributed by atoms with Crippen molar-refractivity contribution in [1.29, 1.82) is 0 Å². The zero-order chi connectivity index (χ0) is 30.1. The summed E-state index contributed by atoms with van der Waals surface area (Å²) in [7, 11) is -3.04. The van der Waals surface area contributed by atoms with E-state index in [1.807, 2.05) is 0 Å². The molecule has 2 N–H and O–H groups in total. The number of sulfone groups is 2. The third-order valence-electron chi connectivity index (χ3n) is 4.34. The number of alkyl halides is 4. The van der Waals surface area contributed by atoms with Crippen LogP contribution < -0.4 is 0 Å². The molecule has 0 aliphatic carbocycles. The van der Waals surface area contributed by atoms with Crippen LogP contribution in [0.3, 0.4) is 0 Å². The molecule has 3 rings (SSSR count). The van der Waals surface area contributed by atoms with Gasteiger partial charge in [-0.3, -0.25) is 0 Å². The number of halogens is 8. The molecule has 0 heterocycles. The van der Waals surface area contributed by atoms with E-state index in [1.165, 1.54) is 30.3 Å². The van der Waals surface area contributed by atoms with E-state index in [4.69, 9.17) is 11.6 Å². The Kier molecular flexibility index (Phi) is 15.3. The Hall–Kier alpha value is -1.30. The highest BCUT2D eigenvalue weighted by Crippen LogP contribution is 2.41. The molecule has 0 aromatic heterocycles. The van der Waals surface area contributed by atoms with Crippen LogP contribution in [-0.2, 0) is 34.5 Å². The third kappa shape index (κ3) is 9.63. The zero-order valence-corrected chi connectivity index (χ0v) is 25.7. The highest BCUT2D eigenvalue weighted by Gasteiger charge is 2.57. The van der Waals surface area contributed by atoms with E-state index in [2.05, 4.69) is 32.4 Å². The predicted molar refractivity (Wildman–Crippen MR) is 150 cm³/mol. The van der Waals surface area contributed by atoms with Gasteiger partial charge in [0.05, 0.1) is 9.79 Å². The first-order valence-electron chi connectivity index (χ1n) is 9.75. The fourth-order valence-electron chi connectivity index (χ4n) is 2.44. The van der Waals surface area contributed by atoms with Crippen molar-refractivity contribution in [3.8, 4) is 0 Å². The van der Waals surface area contributed by atoms with Crippen molar-refractivity contribution < 1.29 is 48.3 Å². The maximum absolute atomic E-state index is 14.0. The molecular weight excluding hydrogens is 710 g/mol. The Morgan fingerprint density at radius 1 is 0.650 bits per heavy atom. The third-order valence-corrected chi connectivity index (χ3v) is 12.2. The highest BCUT2D eigenvalue weighted by atomic mass is 36.5. The zero-order valence-electron chi connectivity index (χ0n) is 19.4. The minimum absolute atomic E-state index is 0. The minimum atomic E-state index is -5.56. The molecule has 224 valence electrons. The summed E-state index contributed by atoms with van der Waals surface area (Å²) >= 11 is 5.71.